The molecule has 1 unspecified atom stereocenters. The number of phenolic OH excluding ortho intramolecular Hbond substituents is 1. The first-order valence-electron chi connectivity index (χ1n) is 12.5. The number of hydrogen-bond acceptors (Lipinski definition) is 6. The zero-order chi connectivity index (χ0) is 27.8. The summed E-state index contributed by atoms with van der Waals surface area (Å²) in [7, 11) is 0. The third-order valence-electron chi connectivity index (χ3n) is 6.47. The largest absolute Gasteiger partial charge is 0.508 e. The monoisotopic (exact) mass is 527 g/mol. The van der Waals surface area contributed by atoms with Crippen LogP contribution in [0, 0.1) is 11.3 Å². The van der Waals surface area contributed by atoms with Crippen LogP contribution in [0.3, 0.4) is 0 Å². The van der Waals surface area contributed by atoms with Crippen molar-refractivity contribution in [2.24, 2.45) is 0 Å². The predicted octanol–water partition coefficient (Wildman–Crippen LogP) is 3.09. The van der Waals surface area contributed by atoms with Gasteiger partial charge in [-0.15, -0.1) is 0 Å². The minimum Gasteiger partial charge on any atom is -0.508 e. The molecule has 0 aromatic heterocycles. The molecule has 3 amide bonds. The number of likely N-dealkylation sites (tertiary alicyclic amines) is 1. The zero-order valence-electron chi connectivity index (χ0n) is 21.1. The van der Waals surface area contributed by atoms with Gasteiger partial charge in [0.05, 0.1) is 17.2 Å². The Morgan fingerprint density at radius 2 is 1.77 bits per heavy atom. The van der Waals surface area contributed by atoms with Crippen molar-refractivity contribution in [1.29, 1.82) is 5.26 Å². The van der Waals surface area contributed by atoms with Crippen LogP contribution in [0.5, 0.6) is 5.75 Å². The molecule has 0 spiro atoms. The fraction of sp³-hybridized carbons (Fsp3) is 0.241. The second-order valence-corrected chi connectivity index (χ2v) is 9.45. The maximum Gasteiger partial charge on any atom is 0.335 e. The van der Waals surface area contributed by atoms with Gasteiger partial charge in [0.1, 0.15) is 11.8 Å². The molecular formula is C29H29N5O5. The molecule has 0 saturated carbocycles. The first kappa shape index (κ1) is 27.2. The van der Waals surface area contributed by atoms with Gasteiger partial charge in [0.25, 0.3) is 0 Å². The van der Waals surface area contributed by atoms with Crippen molar-refractivity contribution >= 4 is 23.6 Å². The van der Waals surface area contributed by atoms with Crippen LogP contribution in [-0.2, 0) is 17.8 Å². The topological polar surface area (TPSA) is 155 Å². The summed E-state index contributed by atoms with van der Waals surface area (Å²) < 4.78 is 0. The molecule has 3 aromatic rings. The average Bonchev–Trinajstić information content (AvgIpc) is 3.36. The van der Waals surface area contributed by atoms with Crippen LogP contribution in [0.4, 0.5) is 10.5 Å². The van der Waals surface area contributed by atoms with Crippen LogP contribution in [0.15, 0.2) is 72.8 Å². The van der Waals surface area contributed by atoms with Crippen molar-refractivity contribution in [2.45, 2.75) is 31.5 Å². The Labute approximate surface area is 225 Å². The fourth-order valence-corrected chi connectivity index (χ4v) is 4.49. The lowest BCUT2D eigenvalue weighted by Crippen LogP contribution is -2.52. The van der Waals surface area contributed by atoms with E-state index in [1.165, 1.54) is 36.4 Å². The normalized spacial score (nSPS) is 15.6. The molecule has 200 valence electrons. The molecule has 3 aromatic carbocycles. The van der Waals surface area contributed by atoms with E-state index in [4.69, 9.17) is 10.4 Å². The number of hydrogen-bond donors (Lipinski definition) is 5. The molecule has 5 N–H and O–H groups in total. The molecule has 4 rings (SSSR count). The van der Waals surface area contributed by atoms with E-state index in [9.17, 15) is 19.5 Å². The van der Waals surface area contributed by atoms with E-state index in [1.54, 1.807) is 18.2 Å². The quantitative estimate of drug-likeness (QED) is 0.286. The zero-order valence-corrected chi connectivity index (χ0v) is 21.1. The number of carbonyl (C=O) groups is 3. The molecule has 10 heteroatoms. The van der Waals surface area contributed by atoms with Crippen molar-refractivity contribution in [3.8, 4) is 11.8 Å². The lowest BCUT2D eigenvalue weighted by molar-refractivity contribution is -0.123. The van der Waals surface area contributed by atoms with Crippen molar-refractivity contribution < 1.29 is 24.6 Å². The molecule has 2 atom stereocenters. The fourth-order valence-electron chi connectivity index (χ4n) is 4.49. The predicted molar refractivity (Wildman–Crippen MR) is 144 cm³/mol. The first-order chi connectivity index (χ1) is 18.8. The van der Waals surface area contributed by atoms with E-state index in [-0.39, 0.29) is 29.7 Å². The number of rotatable bonds is 9. The lowest BCUT2D eigenvalue weighted by Gasteiger charge is -2.22. The summed E-state index contributed by atoms with van der Waals surface area (Å²) in [5.74, 6) is -1.31. The molecule has 39 heavy (non-hydrogen) atoms. The molecule has 0 radical (unpaired) electrons. The molecule has 0 aliphatic carbocycles. The van der Waals surface area contributed by atoms with E-state index in [0.29, 0.717) is 24.3 Å². The minimum absolute atomic E-state index is 0.0916. The third-order valence-corrected chi connectivity index (χ3v) is 6.47. The van der Waals surface area contributed by atoms with Gasteiger partial charge in [0.2, 0.25) is 5.91 Å². The number of nitrogens with one attached hydrogen (secondary N) is 3. The van der Waals surface area contributed by atoms with Gasteiger partial charge >= 0.3 is 12.0 Å². The number of carboxylic acids is 1. The van der Waals surface area contributed by atoms with Crippen LogP contribution in [0.2, 0.25) is 0 Å². The van der Waals surface area contributed by atoms with Gasteiger partial charge in [0.15, 0.2) is 0 Å². The van der Waals surface area contributed by atoms with E-state index in [2.05, 4.69) is 26.9 Å². The molecule has 1 fully saturated rings. The van der Waals surface area contributed by atoms with Gasteiger partial charge in [-0.1, -0.05) is 24.3 Å². The Morgan fingerprint density at radius 3 is 2.46 bits per heavy atom. The molecule has 1 aliphatic rings. The summed E-state index contributed by atoms with van der Waals surface area (Å²) in [6, 6.07) is 20.1. The maximum atomic E-state index is 13.3. The SMILES string of the molecule is N#Cc1cccc(CN2CCC(NC(=O)[C@H](Cc3ccc(O)cc3)NC(=O)Nc3ccc(C(=O)O)cc3)C2)c1. The van der Waals surface area contributed by atoms with Gasteiger partial charge in [-0.3, -0.25) is 9.69 Å². The van der Waals surface area contributed by atoms with Gasteiger partial charge in [0, 0.05) is 37.8 Å². The summed E-state index contributed by atoms with van der Waals surface area (Å²) in [6.07, 6.45) is 0.951. The second-order valence-electron chi connectivity index (χ2n) is 9.45. The van der Waals surface area contributed by atoms with E-state index in [1.807, 2.05) is 18.2 Å². The summed E-state index contributed by atoms with van der Waals surface area (Å²) in [5, 5.41) is 36.2. The first-order valence-corrected chi connectivity index (χ1v) is 12.5. The number of benzene rings is 3. The number of nitrogens with zero attached hydrogens (tertiary/aromatic N) is 2. The Bertz CT molecular complexity index is 1370. The summed E-state index contributed by atoms with van der Waals surface area (Å²) >= 11 is 0. The van der Waals surface area contributed by atoms with E-state index < -0.39 is 18.0 Å². The molecule has 1 aliphatic heterocycles. The van der Waals surface area contributed by atoms with E-state index >= 15 is 0 Å². The highest BCUT2D eigenvalue weighted by atomic mass is 16.4. The van der Waals surface area contributed by atoms with E-state index in [0.717, 1.165) is 24.1 Å². The third kappa shape index (κ3) is 7.80. The van der Waals surface area contributed by atoms with Crippen molar-refractivity contribution in [2.75, 3.05) is 18.4 Å². The Balaban J connectivity index is 1.38. The van der Waals surface area contributed by atoms with Gasteiger partial charge in [-0.2, -0.15) is 5.26 Å². The Hall–Kier alpha value is -4.88. The van der Waals surface area contributed by atoms with Crippen molar-refractivity contribution in [3.05, 3.63) is 95.1 Å². The molecule has 1 saturated heterocycles. The maximum absolute atomic E-state index is 13.3. The van der Waals surface area contributed by atoms with Crippen LogP contribution in [-0.4, -0.2) is 58.2 Å². The van der Waals surface area contributed by atoms with Crippen LogP contribution >= 0.6 is 0 Å². The molecule has 0 bridgehead atoms. The lowest BCUT2D eigenvalue weighted by atomic mass is 10.0. The summed E-state index contributed by atoms with van der Waals surface area (Å²) in [6.45, 7) is 2.08. The molecular weight excluding hydrogens is 498 g/mol. The number of phenols is 1. The Kier molecular flexibility index (Phi) is 8.76. The number of aromatic hydroxyl groups is 1. The van der Waals surface area contributed by atoms with Crippen LogP contribution < -0.4 is 16.0 Å². The minimum atomic E-state index is -1.07. The van der Waals surface area contributed by atoms with Gasteiger partial charge < -0.3 is 26.2 Å². The highest BCUT2D eigenvalue weighted by Crippen LogP contribution is 2.16. The smallest absolute Gasteiger partial charge is 0.335 e. The molecule has 1 heterocycles. The highest BCUT2D eigenvalue weighted by Gasteiger charge is 2.28. The number of nitriles is 1. The number of amides is 3. The van der Waals surface area contributed by atoms with Crippen molar-refractivity contribution in [1.82, 2.24) is 15.5 Å². The standard InChI is InChI=1S/C29H29N5O5/c30-16-20-2-1-3-21(14-20)17-34-13-12-24(18-34)31-27(36)26(15-19-4-10-25(35)11-5-19)33-29(39)32-23-8-6-22(7-9-23)28(37)38/h1-11,14,24,26,35H,12-13,15,17-18H2,(H,31,36)(H,37,38)(H2,32,33,39)/t24?,26-/m0/s1. The molecule has 10 nitrogen and oxygen atoms in total. The van der Waals surface area contributed by atoms with Gasteiger partial charge in [-0.05, 0) is 66.1 Å². The Morgan fingerprint density at radius 1 is 1.03 bits per heavy atom. The summed E-state index contributed by atoms with van der Waals surface area (Å²) in [5.41, 5.74) is 2.86. The summed E-state index contributed by atoms with van der Waals surface area (Å²) in [4.78, 5) is 39.3. The second kappa shape index (κ2) is 12.6. The highest BCUT2D eigenvalue weighted by molar-refractivity contribution is 5.94. The number of carbonyl (C=O) groups excluding carboxylic acids is 2. The number of aromatic carboxylic acids is 1. The number of urea groups is 1. The van der Waals surface area contributed by atoms with Crippen LogP contribution in [0.25, 0.3) is 0 Å². The number of carboxylic acid groups (broad SMARTS) is 1. The number of anilines is 1. The van der Waals surface area contributed by atoms with Crippen LogP contribution in [0.1, 0.15) is 33.5 Å². The van der Waals surface area contributed by atoms with Crippen molar-refractivity contribution in [3.63, 3.8) is 0 Å². The van der Waals surface area contributed by atoms with Gasteiger partial charge in [-0.25, -0.2) is 9.59 Å². The average molecular weight is 528 g/mol.